The van der Waals surface area contributed by atoms with E-state index in [0.29, 0.717) is 32.5 Å². The largest absolute Gasteiger partial charge is 0.481 e. The maximum absolute atomic E-state index is 11.4. The van der Waals surface area contributed by atoms with Gasteiger partial charge in [-0.1, -0.05) is 6.92 Å². The number of carboxylic acid groups (broad SMARTS) is 1. The van der Waals surface area contributed by atoms with Crippen molar-refractivity contribution in [1.29, 1.82) is 0 Å². The Balaban J connectivity index is 3.86. The second kappa shape index (κ2) is 8.06. The maximum atomic E-state index is 11.4. The molecule has 0 aliphatic rings. The predicted molar refractivity (Wildman–Crippen MR) is 64.8 cm³/mol. The summed E-state index contributed by atoms with van der Waals surface area (Å²) in [5.74, 6) is -1.000. The Bertz CT molecular complexity index is 255. The van der Waals surface area contributed by atoms with Crippen molar-refractivity contribution in [1.82, 2.24) is 5.32 Å². The van der Waals surface area contributed by atoms with Crippen LogP contribution < -0.4 is 5.32 Å². The van der Waals surface area contributed by atoms with Crippen LogP contribution in [0.3, 0.4) is 0 Å². The minimum Gasteiger partial charge on any atom is -0.481 e. The first-order chi connectivity index (χ1) is 7.96. The fourth-order valence-electron chi connectivity index (χ4n) is 1.21. The molecular weight excluding hydrogens is 222 g/mol. The summed E-state index contributed by atoms with van der Waals surface area (Å²) in [6.45, 7) is 6.72. The molecule has 0 bridgehead atoms. The summed E-state index contributed by atoms with van der Waals surface area (Å²) in [5, 5.41) is 11.7. The van der Waals surface area contributed by atoms with Gasteiger partial charge in [0.1, 0.15) is 0 Å². The molecule has 0 saturated heterocycles. The molecule has 0 heterocycles. The van der Waals surface area contributed by atoms with E-state index in [1.54, 1.807) is 13.8 Å². The number of carboxylic acids is 1. The average molecular weight is 245 g/mol. The van der Waals surface area contributed by atoms with Gasteiger partial charge in [-0.3, -0.25) is 9.59 Å². The monoisotopic (exact) mass is 245 g/mol. The zero-order valence-electron chi connectivity index (χ0n) is 10.9. The highest BCUT2D eigenvalue weighted by Gasteiger charge is 2.31. The maximum Gasteiger partial charge on any atom is 0.311 e. The van der Waals surface area contributed by atoms with E-state index in [1.165, 1.54) is 0 Å². The van der Waals surface area contributed by atoms with E-state index in [2.05, 4.69) is 5.32 Å². The van der Waals surface area contributed by atoms with Gasteiger partial charge in [0.25, 0.3) is 0 Å². The van der Waals surface area contributed by atoms with Gasteiger partial charge < -0.3 is 15.2 Å². The summed E-state index contributed by atoms with van der Waals surface area (Å²) in [6.07, 6.45) is 1.52. The highest BCUT2D eigenvalue weighted by molar-refractivity contribution is 5.78. The van der Waals surface area contributed by atoms with Crippen LogP contribution >= 0.6 is 0 Å². The van der Waals surface area contributed by atoms with E-state index >= 15 is 0 Å². The zero-order valence-corrected chi connectivity index (χ0v) is 10.9. The third-order valence-corrected chi connectivity index (χ3v) is 2.87. The van der Waals surface area contributed by atoms with Gasteiger partial charge in [0.15, 0.2) is 0 Å². The molecular formula is C12H23NO4. The predicted octanol–water partition coefficient (Wildman–Crippen LogP) is 1.42. The highest BCUT2D eigenvalue weighted by atomic mass is 16.5. The van der Waals surface area contributed by atoms with Gasteiger partial charge in [0.2, 0.25) is 5.91 Å². The lowest BCUT2D eigenvalue weighted by Gasteiger charge is -2.23. The number of carbonyl (C=O) groups is 2. The van der Waals surface area contributed by atoms with Gasteiger partial charge >= 0.3 is 5.97 Å². The molecule has 5 heteroatoms. The normalized spacial score (nSPS) is 14.1. The van der Waals surface area contributed by atoms with Gasteiger partial charge in [-0.2, -0.15) is 0 Å². The van der Waals surface area contributed by atoms with Crippen LogP contribution in [0.25, 0.3) is 0 Å². The first kappa shape index (κ1) is 15.9. The zero-order chi connectivity index (χ0) is 13.3. The van der Waals surface area contributed by atoms with Crippen LogP contribution in [0.4, 0.5) is 0 Å². The molecule has 0 saturated carbocycles. The number of hydrogen-bond acceptors (Lipinski definition) is 3. The molecule has 0 aliphatic heterocycles. The van der Waals surface area contributed by atoms with E-state index in [1.807, 2.05) is 6.92 Å². The molecule has 100 valence electrons. The molecule has 0 aromatic rings. The number of nitrogens with one attached hydrogen (secondary N) is 1. The van der Waals surface area contributed by atoms with Crippen molar-refractivity contribution in [2.75, 3.05) is 19.8 Å². The summed E-state index contributed by atoms with van der Waals surface area (Å²) >= 11 is 0. The van der Waals surface area contributed by atoms with Gasteiger partial charge in [-0.05, 0) is 26.7 Å². The van der Waals surface area contributed by atoms with Crippen LogP contribution in [0.5, 0.6) is 0 Å². The van der Waals surface area contributed by atoms with Gasteiger partial charge in [0.05, 0.1) is 5.41 Å². The summed E-state index contributed by atoms with van der Waals surface area (Å²) in [7, 11) is 0. The topological polar surface area (TPSA) is 75.6 Å². The van der Waals surface area contributed by atoms with Crippen LogP contribution in [0.15, 0.2) is 0 Å². The number of amides is 1. The first-order valence-corrected chi connectivity index (χ1v) is 6.04. The molecule has 0 radical (unpaired) electrons. The Labute approximate surface area is 103 Å². The molecule has 1 atom stereocenters. The van der Waals surface area contributed by atoms with Crippen LogP contribution in [-0.2, 0) is 14.3 Å². The van der Waals surface area contributed by atoms with Crippen LogP contribution in [0.1, 0.15) is 40.0 Å². The lowest BCUT2D eigenvalue weighted by Crippen LogP contribution is -2.40. The molecule has 0 aromatic heterocycles. The van der Waals surface area contributed by atoms with Gasteiger partial charge in [-0.15, -0.1) is 0 Å². The van der Waals surface area contributed by atoms with E-state index in [0.717, 1.165) is 0 Å². The fourth-order valence-corrected chi connectivity index (χ4v) is 1.21. The van der Waals surface area contributed by atoms with Crippen molar-refractivity contribution in [3.8, 4) is 0 Å². The quantitative estimate of drug-likeness (QED) is 0.602. The molecule has 0 rings (SSSR count). The van der Waals surface area contributed by atoms with Crippen LogP contribution in [0, 0.1) is 5.41 Å². The standard InChI is InChI=1S/C12H23NO4/c1-4-12(3,11(15)16)9-13-10(14)7-6-8-17-5-2/h4-9H2,1-3H3,(H,13,14)(H,15,16). The lowest BCUT2D eigenvalue weighted by molar-refractivity contribution is -0.148. The Morgan fingerprint density at radius 2 is 2.00 bits per heavy atom. The summed E-state index contributed by atoms with van der Waals surface area (Å²) in [5.41, 5.74) is -0.879. The first-order valence-electron chi connectivity index (χ1n) is 6.04. The summed E-state index contributed by atoms with van der Waals surface area (Å²) in [6, 6.07) is 0. The number of hydrogen-bond donors (Lipinski definition) is 2. The number of aliphatic carboxylic acids is 1. The Hall–Kier alpha value is -1.10. The fraction of sp³-hybridized carbons (Fsp3) is 0.833. The molecule has 0 aromatic carbocycles. The van der Waals surface area contributed by atoms with E-state index in [9.17, 15) is 9.59 Å². The minimum absolute atomic E-state index is 0.120. The van der Waals surface area contributed by atoms with E-state index < -0.39 is 11.4 Å². The molecule has 17 heavy (non-hydrogen) atoms. The third kappa shape index (κ3) is 6.26. The smallest absolute Gasteiger partial charge is 0.311 e. The second-order valence-electron chi connectivity index (χ2n) is 4.30. The van der Waals surface area contributed by atoms with Crippen molar-refractivity contribution >= 4 is 11.9 Å². The van der Waals surface area contributed by atoms with Crippen molar-refractivity contribution in [3.63, 3.8) is 0 Å². The Kier molecular flexibility index (Phi) is 7.54. The average Bonchev–Trinajstić information content (AvgIpc) is 2.31. The van der Waals surface area contributed by atoms with E-state index in [4.69, 9.17) is 9.84 Å². The molecule has 2 N–H and O–H groups in total. The van der Waals surface area contributed by atoms with Gasteiger partial charge in [-0.25, -0.2) is 0 Å². The van der Waals surface area contributed by atoms with Crippen molar-refractivity contribution in [2.45, 2.75) is 40.0 Å². The Morgan fingerprint density at radius 1 is 1.35 bits per heavy atom. The molecule has 0 spiro atoms. The molecule has 5 nitrogen and oxygen atoms in total. The minimum atomic E-state index is -0.880. The summed E-state index contributed by atoms with van der Waals surface area (Å²) in [4.78, 5) is 22.4. The molecule has 0 fully saturated rings. The van der Waals surface area contributed by atoms with E-state index in [-0.39, 0.29) is 12.5 Å². The number of rotatable bonds is 9. The van der Waals surface area contributed by atoms with Gasteiger partial charge in [0, 0.05) is 26.2 Å². The molecule has 1 amide bonds. The number of carbonyl (C=O) groups excluding carboxylic acids is 1. The van der Waals surface area contributed by atoms with Crippen molar-refractivity contribution in [3.05, 3.63) is 0 Å². The SMILES string of the molecule is CCOCCCC(=O)NCC(C)(CC)C(=O)O. The van der Waals surface area contributed by atoms with Crippen molar-refractivity contribution in [2.24, 2.45) is 5.41 Å². The highest BCUT2D eigenvalue weighted by Crippen LogP contribution is 2.19. The second-order valence-corrected chi connectivity index (χ2v) is 4.30. The molecule has 1 unspecified atom stereocenters. The van der Waals surface area contributed by atoms with Crippen molar-refractivity contribution < 1.29 is 19.4 Å². The molecule has 0 aliphatic carbocycles. The van der Waals surface area contributed by atoms with Crippen LogP contribution in [0.2, 0.25) is 0 Å². The summed E-state index contributed by atoms with van der Waals surface area (Å²) < 4.78 is 5.11. The Morgan fingerprint density at radius 3 is 2.47 bits per heavy atom. The van der Waals surface area contributed by atoms with Crippen LogP contribution in [-0.4, -0.2) is 36.7 Å². The third-order valence-electron chi connectivity index (χ3n) is 2.87. The lowest BCUT2D eigenvalue weighted by atomic mass is 9.88. The number of ether oxygens (including phenoxy) is 1.